The van der Waals surface area contributed by atoms with Crippen LogP contribution in [-0.4, -0.2) is 47.3 Å². The number of hydrogen-bond donors (Lipinski definition) is 1. The van der Waals surface area contributed by atoms with Crippen molar-refractivity contribution in [2.45, 2.75) is 25.6 Å². The number of rotatable bonds is 2. The van der Waals surface area contributed by atoms with Gasteiger partial charge in [-0.05, 0) is 48.0 Å². The largest absolute Gasteiger partial charge is 0.394 e. The summed E-state index contributed by atoms with van der Waals surface area (Å²) in [6.45, 7) is 4.55. The number of aliphatic hydroxyl groups excluding tert-OH is 1. The summed E-state index contributed by atoms with van der Waals surface area (Å²) in [5.41, 5.74) is 0.0405. The van der Waals surface area contributed by atoms with Crippen LogP contribution >= 0.6 is 27.5 Å². The number of aliphatic hydroxyl groups is 1. The first-order chi connectivity index (χ1) is 9.32. The van der Waals surface area contributed by atoms with Crippen LogP contribution in [0.15, 0.2) is 22.7 Å². The van der Waals surface area contributed by atoms with Gasteiger partial charge in [0.1, 0.15) is 0 Å². The maximum absolute atomic E-state index is 12.6. The molecule has 0 spiro atoms. The lowest BCUT2D eigenvalue weighted by Gasteiger charge is -2.42. The zero-order valence-corrected chi connectivity index (χ0v) is 13.7. The quantitative estimate of drug-likeness (QED) is 0.880. The fourth-order valence-electron chi connectivity index (χ4n) is 2.38. The molecule has 1 fully saturated rings. The molecule has 4 nitrogen and oxygen atoms in total. The molecule has 0 saturated carbocycles. The van der Waals surface area contributed by atoms with Gasteiger partial charge in [0.2, 0.25) is 0 Å². The molecule has 110 valence electrons. The van der Waals surface area contributed by atoms with E-state index in [-0.39, 0.29) is 18.6 Å². The summed E-state index contributed by atoms with van der Waals surface area (Å²) in [6, 6.07) is 5.12. The van der Waals surface area contributed by atoms with Gasteiger partial charge in [-0.3, -0.25) is 4.79 Å². The minimum absolute atomic E-state index is 0.107. The van der Waals surface area contributed by atoms with Crippen molar-refractivity contribution in [2.24, 2.45) is 0 Å². The first-order valence-corrected chi connectivity index (χ1v) is 7.52. The summed E-state index contributed by atoms with van der Waals surface area (Å²) in [7, 11) is 0. The van der Waals surface area contributed by atoms with Crippen molar-refractivity contribution in [1.82, 2.24) is 4.90 Å². The summed E-state index contributed by atoms with van der Waals surface area (Å²) in [6.07, 6.45) is -0.361. The number of carbonyl (C=O) groups excluding carboxylic acids is 1. The second-order valence-corrected chi connectivity index (χ2v) is 6.78. The number of ether oxygens (including phenoxy) is 1. The summed E-state index contributed by atoms with van der Waals surface area (Å²) in [5, 5.41) is 9.82. The smallest absolute Gasteiger partial charge is 0.255 e. The van der Waals surface area contributed by atoms with E-state index in [9.17, 15) is 9.90 Å². The van der Waals surface area contributed by atoms with Crippen molar-refractivity contribution in [3.8, 4) is 0 Å². The van der Waals surface area contributed by atoms with Crippen molar-refractivity contribution in [3.63, 3.8) is 0 Å². The summed E-state index contributed by atoms with van der Waals surface area (Å²) < 4.78 is 6.42. The molecule has 1 unspecified atom stereocenters. The highest BCUT2D eigenvalue weighted by molar-refractivity contribution is 9.10. The van der Waals surface area contributed by atoms with Gasteiger partial charge in [0, 0.05) is 22.6 Å². The van der Waals surface area contributed by atoms with Crippen LogP contribution in [0, 0.1) is 0 Å². The predicted octanol–water partition coefficient (Wildman–Crippen LogP) is 2.71. The van der Waals surface area contributed by atoms with E-state index in [1.807, 2.05) is 13.8 Å². The second-order valence-electron chi connectivity index (χ2n) is 5.49. The molecule has 0 aliphatic carbocycles. The van der Waals surface area contributed by atoms with Gasteiger partial charge in [0.05, 0.1) is 23.9 Å². The minimum atomic E-state index is -0.480. The van der Waals surface area contributed by atoms with E-state index in [2.05, 4.69) is 15.9 Å². The highest BCUT2D eigenvalue weighted by atomic mass is 79.9. The van der Waals surface area contributed by atoms with Crippen LogP contribution < -0.4 is 0 Å². The van der Waals surface area contributed by atoms with Gasteiger partial charge in [0.25, 0.3) is 5.91 Å². The van der Waals surface area contributed by atoms with Crippen LogP contribution in [0.3, 0.4) is 0 Å². The van der Waals surface area contributed by atoms with Crippen LogP contribution in [-0.2, 0) is 4.74 Å². The molecule has 0 aromatic heterocycles. The SMILES string of the molecule is CC1(C)CN(C(=O)c2cc(Cl)ccc2Br)CC(CO)O1. The molecule has 0 bridgehead atoms. The Balaban J connectivity index is 2.25. The van der Waals surface area contributed by atoms with Gasteiger partial charge in [-0.2, -0.15) is 0 Å². The summed E-state index contributed by atoms with van der Waals surface area (Å²) in [5.74, 6) is -0.116. The van der Waals surface area contributed by atoms with E-state index in [1.165, 1.54) is 0 Å². The molecule has 2 rings (SSSR count). The third-order valence-electron chi connectivity index (χ3n) is 3.13. The van der Waals surface area contributed by atoms with Crippen LogP contribution in [0.1, 0.15) is 24.2 Å². The molecule has 1 amide bonds. The number of amides is 1. The topological polar surface area (TPSA) is 49.8 Å². The fraction of sp³-hybridized carbons (Fsp3) is 0.500. The Morgan fingerprint density at radius 3 is 2.95 bits per heavy atom. The minimum Gasteiger partial charge on any atom is -0.394 e. The maximum atomic E-state index is 12.6. The van der Waals surface area contributed by atoms with Crippen LogP contribution in [0.5, 0.6) is 0 Å². The van der Waals surface area contributed by atoms with Crippen molar-refractivity contribution in [3.05, 3.63) is 33.3 Å². The molecule has 1 saturated heterocycles. The number of benzene rings is 1. The van der Waals surface area contributed by atoms with Crippen molar-refractivity contribution in [2.75, 3.05) is 19.7 Å². The van der Waals surface area contributed by atoms with Gasteiger partial charge in [-0.25, -0.2) is 0 Å². The molecule has 1 aromatic rings. The standard InChI is InChI=1S/C14H17BrClNO3/c1-14(2)8-17(6-10(7-18)20-14)13(19)11-5-9(16)3-4-12(11)15/h3-5,10,18H,6-8H2,1-2H3. The zero-order valence-electron chi connectivity index (χ0n) is 11.4. The van der Waals surface area contributed by atoms with E-state index in [4.69, 9.17) is 16.3 Å². The number of carbonyl (C=O) groups is 1. The average Bonchev–Trinajstić information content (AvgIpc) is 2.38. The zero-order chi connectivity index (χ0) is 14.9. The predicted molar refractivity (Wildman–Crippen MR) is 81.1 cm³/mol. The number of morpholine rings is 1. The van der Waals surface area contributed by atoms with E-state index >= 15 is 0 Å². The molecular formula is C14H17BrClNO3. The van der Waals surface area contributed by atoms with Crippen LogP contribution in [0.4, 0.5) is 0 Å². The Morgan fingerprint density at radius 2 is 2.30 bits per heavy atom. The summed E-state index contributed by atoms with van der Waals surface area (Å²) in [4.78, 5) is 14.3. The lowest BCUT2D eigenvalue weighted by molar-refractivity contribution is -0.139. The monoisotopic (exact) mass is 361 g/mol. The van der Waals surface area contributed by atoms with Gasteiger partial charge < -0.3 is 14.7 Å². The lowest BCUT2D eigenvalue weighted by Crippen LogP contribution is -2.55. The first kappa shape index (κ1) is 15.8. The van der Waals surface area contributed by atoms with Gasteiger partial charge in [-0.15, -0.1) is 0 Å². The Morgan fingerprint density at radius 1 is 1.60 bits per heavy atom. The van der Waals surface area contributed by atoms with Crippen molar-refractivity contribution < 1.29 is 14.6 Å². The molecule has 6 heteroatoms. The third-order valence-corrected chi connectivity index (χ3v) is 4.06. The Kier molecular flexibility index (Phi) is 4.74. The highest BCUT2D eigenvalue weighted by Crippen LogP contribution is 2.26. The van der Waals surface area contributed by atoms with Gasteiger partial charge >= 0.3 is 0 Å². The Hall–Kier alpha value is -0.620. The number of hydrogen-bond acceptors (Lipinski definition) is 3. The Bertz CT molecular complexity index is 521. The molecule has 1 N–H and O–H groups in total. The van der Waals surface area contributed by atoms with E-state index in [1.54, 1.807) is 23.1 Å². The highest BCUT2D eigenvalue weighted by Gasteiger charge is 2.36. The van der Waals surface area contributed by atoms with Gasteiger partial charge in [-0.1, -0.05) is 11.6 Å². The summed E-state index contributed by atoms with van der Waals surface area (Å²) >= 11 is 9.33. The normalized spacial score (nSPS) is 21.9. The maximum Gasteiger partial charge on any atom is 0.255 e. The van der Waals surface area contributed by atoms with Crippen LogP contribution in [0.2, 0.25) is 5.02 Å². The van der Waals surface area contributed by atoms with E-state index in [0.717, 1.165) is 0 Å². The molecule has 0 radical (unpaired) electrons. The molecular weight excluding hydrogens is 346 g/mol. The molecule has 1 aliphatic rings. The molecule has 1 heterocycles. The van der Waals surface area contributed by atoms with E-state index in [0.29, 0.717) is 28.1 Å². The Labute approximate surface area is 131 Å². The number of nitrogens with zero attached hydrogens (tertiary/aromatic N) is 1. The molecule has 1 atom stereocenters. The van der Waals surface area contributed by atoms with E-state index < -0.39 is 5.60 Å². The first-order valence-electron chi connectivity index (χ1n) is 6.35. The van der Waals surface area contributed by atoms with Crippen molar-refractivity contribution >= 4 is 33.4 Å². The fourth-order valence-corrected chi connectivity index (χ4v) is 2.97. The number of halogens is 2. The van der Waals surface area contributed by atoms with Crippen molar-refractivity contribution in [1.29, 1.82) is 0 Å². The van der Waals surface area contributed by atoms with Crippen LogP contribution in [0.25, 0.3) is 0 Å². The third kappa shape index (κ3) is 3.52. The molecule has 1 aliphatic heterocycles. The van der Waals surface area contributed by atoms with Gasteiger partial charge in [0.15, 0.2) is 0 Å². The lowest BCUT2D eigenvalue weighted by atomic mass is 10.0. The average molecular weight is 363 g/mol. The molecule has 1 aromatic carbocycles. The second kappa shape index (κ2) is 6.02. The molecule has 20 heavy (non-hydrogen) atoms.